The highest BCUT2D eigenvalue weighted by atomic mass is 16.6. The maximum absolute atomic E-state index is 12.0. The second-order valence-corrected chi connectivity index (χ2v) is 5.34. The third-order valence-corrected chi connectivity index (χ3v) is 3.79. The Hall–Kier alpha value is -1.95. The minimum Gasteiger partial charge on any atom is -0.347 e. The molecule has 0 radical (unpaired) electrons. The van der Waals surface area contributed by atoms with E-state index in [2.05, 4.69) is 4.90 Å². The number of nitro groups is 1. The van der Waals surface area contributed by atoms with Crippen molar-refractivity contribution in [1.29, 1.82) is 0 Å². The zero-order valence-electron chi connectivity index (χ0n) is 12.0. The highest BCUT2D eigenvalue weighted by molar-refractivity contribution is 5.81. The summed E-state index contributed by atoms with van der Waals surface area (Å²) in [5, 5.41) is 10.8. The summed E-state index contributed by atoms with van der Waals surface area (Å²) in [5.74, 6) is 0.0545. The summed E-state index contributed by atoms with van der Waals surface area (Å²) in [4.78, 5) is 26.1. The van der Waals surface area contributed by atoms with E-state index >= 15 is 0 Å². The first-order valence-electron chi connectivity index (χ1n) is 6.61. The van der Waals surface area contributed by atoms with Gasteiger partial charge in [-0.3, -0.25) is 19.8 Å². The molecule has 0 spiro atoms. The fourth-order valence-electron chi connectivity index (χ4n) is 2.54. The zero-order valence-corrected chi connectivity index (χ0v) is 12.0. The Kier molecular flexibility index (Phi) is 4.04. The van der Waals surface area contributed by atoms with Crippen LogP contribution in [0.3, 0.4) is 0 Å². The van der Waals surface area contributed by atoms with Gasteiger partial charge >= 0.3 is 0 Å². The van der Waals surface area contributed by atoms with E-state index in [0.717, 1.165) is 24.1 Å². The molecule has 6 nitrogen and oxygen atoms in total. The summed E-state index contributed by atoms with van der Waals surface area (Å²) in [6.07, 6.45) is 0.818. The lowest BCUT2D eigenvalue weighted by molar-refractivity contribution is -0.385. The number of carbonyl (C=O) groups is 1. The standard InChI is InChI=1S/C14H19N3O3/c1-10(14(18)15(2)3)16-7-6-11-4-5-13(17(19)20)8-12(11)9-16/h4-5,8,10H,6-7,9H2,1-3H3/t10-/m0/s1. The number of carbonyl (C=O) groups excluding carboxylic acids is 1. The van der Waals surface area contributed by atoms with Crippen molar-refractivity contribution in [3.8, 4) is 0 Å². The van der Waals surface area contributed by atoms with Gasteiger partial charge in [-0.15, -0.1) is 0 Å². The van der Waals surface area contributed by atoms with Gasteiger partial charge in [-0.05, 0) is 24.5 Å². The van der Waals surface area contributed by atoms with Gasteiger partial charge in [0, 0.05) is 39.3 Å². The van der Waals surface area contributed by atoms with Crippen LogP contribution in [-0.2, 0) is 17.8 Å². The van der Waals surface area contributed by atoms with Gasteiger partial charge < -0.3 is 4.90 Å². The monoisotopic (exact) mass is 277 g/mol. The van der Waals surface area contributed by atoms with E-state index in [1.807, 2.05) is 13.0 Å². The molecule has 1 heterocycles. The normalized spacial score (nSPS) is 16.4. The average molecular weight is 277 g/mol. The van der Waals surface area contributed by atoms with Gasteiger partial charge in [0.25, 0.3) is 5.69 Å². The lowest BCUT2D eigenvalue weighted by Crippen LogP contribution is -2.46. The van der Waals surface area contributed by atoms with Crippen LogP contribution in [0.4, 0.5) is 5.69 Å². The number of fused-ring (bicyclic) bond motifs is 1. The predicted octanol–water partition coefficient (Wildman–Crippen LogP) is 1.43. The quantitative estimate of drug-likeness (QED) is 0.619. The largest absolute Gasteiger partial charge is 0.347 e. The topological polar surface area (TPSA) is 66.7 Å². The van der Waals surface area contributed by atoms with Crippen LogP contribution < -0.4 is 0 Å². The molecule has 108 valence electrons. The van der Waals surface area contributed by atoms with E-state index in [1.54, 1.807) is 31.1 Å². The lowest BCUT2D eigenvalue weighted by Gasteiger charge is -2.33. The number of hydrogen-bond acceptors (Lipinski definition) is 4. The Balaban J connectivity index is 2.19. The zero-order chi connectivity index (χ0) is 14.9. The van der Waals surface area contributed by atoms with Crippen LogP contribution in [0.1, 0.15) is 18.1 Å². The molecule has 1 amide bonds. The number of nitro benzene ring substituents is 1. The molecule has 1 aliphatic heterocycles. The average Bonchev–Trinajstić information content (AvgIpc) is 2.44. The van der Waals surface area contributed by atoms with E-state index < -0.39 is 0 Å². The Morgan fingerprint density at radius 3 is 2.70 bits per heavy atom. The molecule has 6 heteroatoms. The third-order valence-electron chi connectivity index (χ3n) is 3.79. The van der Waals surface area contributed by atoms with Gasteiger partial charge in [-0.2, -0.15) is 0 Å². The molecule has 0 aromatic heterocycles. The summed E-state index contributed by atoms with van der Waals surface area (Å²) >= 11 is 0. The summed E-state index contributed by atoms with van der Waals surface area (Å²) < 4.78 is 0. The van der Waals surface area contributed by atoms with E-state index in [0.29, 0.717) is 6.54 Å². The molecule has 0 unspecified atom stereocenters. The number of benzene rings is 1. The molecular formula is C14H19N3O3. The summed E-state index contributed by atoms with van der Waals surface area (Å²) in [6, 6.07) is 4.78. The van der Waals surface area contributed by atoms with Gasteiger partial charge in [-0.25, -0.2) is 0 Å². The lowest BCUT2D eigenvalue weighted by atomic mass is 9.98. The molecule has 1 atom stereocenters. The third kappa shape index (κ3) is 2.80. The maximum Gasteiger partial charge on any atom is 0.269 e. The number of non-ortho nitro benzene ring substituents is 1. The number of amides is 1. The van der Waals surface area contributed by atoms with Crippen LogP contribution in [-0.4, -0.2) is 47.3 Å². The summed E-state index contributed by atoms with van der Waals surface area (Å²) in [6.45, 7) is 3.26. The minimum absolute atomic E-state index is 0.0545. The first-order chi connectivity index (χ1) is 9.40. The highest BCUT2D eigenvalue weighted by Gasteiger charge is 2.27. The number of nitrogens with zero attached hydrogens (tertiary/aromatic N) is 3. The molecule has 1 aromatic rings. The molecule has 2 rings (SSSR count). The van der Waals surface area contributed by atoms with Crippen molar-refractivity contribution < 1.29 is 9.72 Å². The molecule has 0 saturated carbocycles. The molecular weight excluding hydrogens is 258 g/mol. The molecule has 20 heavy (non-hydrogen) atoms. The van der Waals surface area contributed by atoms with Crippen LogP contribution in [0.15, 0.2) is 18.2 Å². The van der Waals surface area contributed by atoms with Crippen molar-refractivity contribution in [3.05, 3.63) is 39.4 Å². The Bertz CT molecular complexity index is 542. The molecule has 0 fully saturated rings. The van der Waals surface area contributed by atoms with Crippen molar-refractivity contribution >= 4 is 11.6 Å². The Labute approximate surface area is 118 Å². The van der Waals surface area contributed by atoms with E-state index in [1.165, 1.54) is 0 Å². The smallest absolute Gasteiger partial charge is 0.269 e. The van der Waals surface area contributed by atoms with Gasteiger partial charge in [0.05, 0.1) is 11.0 Å². The molecule has 0 saturated heterocycles. The predicted molar refractivity (Wildman–Crippen MR) is 75.4 cm³/mol. The minimum atomic E-state index is -0.381. The number of likely N-dealkylation sites (N-methyl/N-ethyl adjacent to an activating group) is 1. The van der Waals surface area contributed by atoms with Gasteiger partial charge in [0.1, 0.15) is 0 Å². The van der Waals surface area contributed by atoms with E-state index in [9.17, 15) is 14.9 Å². The van der Waals surface area contributed by atoms with Crippen LogP contribution in [0.5, 0.6) is 0 Å². The Morgan fingerprint density at radius 1 is 1.40 bits per heavy atom. The maximum atomic E-state index is 12.0. The molecule has 0 N–H and O–H groups in total. The first kappa shape index (κ1) is 14.5. The fourth-order valence-corrected chi connectivity index (χ4v) is 2.54. The Morgan fingerprint density at radius 2 is 2.10 bits per heavy atom. The fraction of sp³-hybridized carbons (Fsp3) is 0.500. The highest BCUT2D eigenvalue weighted by Crippen LogP contribution is 2.25. The van der Waals surface area contributed by atoms with Gasteiger partial charge in [-0.1, -0.05) is 6.07 Å². The molecule has 0 aliphatic carbocycles. The van der Waals surface area contributed by atoms with Crippen molar-refractivity contribution in [3.63, 3.8) is 0 Å². The SMILES string of the molecule is C[C@@H](C(=O)N(C)C)N1CCc2ccc([N+](=O)[O-])cc2C1. The van der Waals surface area contributed by atoms with E-state index in [-0.39, 0.29) is 22.6 Å². The van der Waals surface area contributed by atoms with Crippen molar-refractivity contribution in [2.24, 2.45) is 0 Å². The first-order valence-corrected chi connectivity index (χ1v) is 6.61. The second kappa shape index (κ2) is 5.58. The van der Waals surface area contributed by atoms with Crippen molar-refractivity contribution in [1.82, 2.24) is 9.80 Å². The van der Waals surface area contributed by atoms with Gasteiger partial charge in [0.15, 0.2) is 0 Å². The molecule has 1 aliphatic rings. The number of rotatable bonds is 3. The summed E-state index contributed by atoms with van der Waals surface area (Å²) in [5.41, 5.74) is 2.19. The van der Waals surface area contributed by atoms with Crippen molar-refractivity contribution in [2.45, 2.75) is 25.9 Å². The summed E-state index contributed by atoms with van der Waals surface area (Å²) in [7, 11) is 3.48. The molecule has 1 aromatic carbocycles. The van der Waals surface area contributed by atoms with Crippen LogP contribution in [0.2, 0.25) is 0 Å². The van der Waals surface area contributed by atoms with E-state index in [4.69, 9.17) is 0 Å². The van der Waals surface area contributed by atoms with Crippen LogP contribution in [0, 0.1) is 10.1 Å². The molecule has 0 bridgehead atoms. The van der Waals surface area contributed by atoms with Crippen LogP contribution in [0.25, 0.3) is 0 Å². The van der Waals surface area contributed by atoms with Crippen LogP contribution >= 0.6 is 0 Å². The van der Waals surface area contributed by atoms with Crippen molar-refractivity contribution in [2.75, 3.05) is 20.6 Å². The number of hydrogen-bond donors (Lipinski definition) is 0. The second-order valence-electron chi connectivity index (χ2n) is 5.34. The van der Waals surface area contributed by atoms with Gasteiger partial charge in [0.2, 0.25) is 5.91 Å².